The molecule has 1 aromatic carbocycles. The van der Waals surface area contributed by atoms with Crippen LogP contribution in [-0.4, -0.2) is 54.8 Å². The van der Waals surface area contributed by atoms with Crippen LogP contribution in [-0.2, 0) is 4.79 Å². The van der Waals surface area contributed by atoms with Crippen molar-refractivity contribution >= 4 is 37.6 Å². The van der Waals surface area contributed by atoms with E-state index in [1.165, 1.54) is 4.40 Å². The first-order valence-electron chi connectivity index (χ1n) is 4.88. The van der Waals surface area contributed by atoms with Gasteiger partial charge >= 0.3 is 102 Å². The van der Waals surface area contributed by atoms with Crippen molar-refractivity contribution in [1.82, 2.24) is 3.86 Å². The normalized spacial score (nSPS) is 8.33. The zero-order valence-corrected chi connectivity index (χ0v) is 13.1. The number of amides is 1. The molecule has 0 saturated carbocycles. The van der Waals surface area contributed by atoms with Crippen molar-refractivity contribution in [3.05, 3.63) is 30.3 Å². The summed E-state index contributed by atoms with van der Waals surface area (Å²) in [7, 11) is 1.88. The summed E-state index contributed by atoms with van der Waals surface area (Å²) in [5.74, 6) is 0.768. The second kappa shape index (κ2) is 12.8. The van der Waals surface area contributed by atoms with Crippen LogP contribution in [0.25, 0.3) is 0 Å². The summed E-state index contributed by atoms with van der Waals surface area (Å²) in [4.78, 5) is 11.6. The van der Waals surface area contributed by atoms with E-state index in [-0.39, 0.29) is 22.3 Å². The number of benzene rings is 1. The zero-order chi connectivity index (χ0) is 11.1. The number of hydrogen-bond donors (Lipinski definition) is 0. The van der Waals surface area contributed by atoms with Gasteiger partial charge in [-0.25, -0.2) is 0 Å². The Hall–Kier alpha value is -0.597. The maximum atomic E-state index is 11.6. The molecule has 0 unspecified atom stereocenters. The van der Waals surface area contributed by atoms with Crippen LogP contribution in [0.4, 0.5) is 0 Å². The molecule has 0 atom stereocenters. The molecule has 0 spiro atoms. The van der Waals surface area contributed by atoms with E-state index >= 15 is 0 Å². The summed E-state index contributed by atoms with van der Waals surface area (Å²) in [5, 5.41) is 0. The Morgan fingerprint density at radius 1 is 1.22 bits per heavy atom. The third-order valence-electron chi connectivity index (χ3n) is 1.97. The van der Waals surface area contributed by atoms with Gasteiger partial charge in [0.2, 0.25) is 0 Å². The Kier molecular flexibility index (Phi) is 16.1. The van der Waals surface area contributed by atoms with Crippen LogP contribution in [0, 0.1) is 0 Å². The van der Waals surface area contributed by atoms with E-state index in [4.69, 9.17) is 11.6 Å². The number of carbonyl (C=O) groups excluding carboxylic acids is 1. The average Bonchev–Trinajstić information content (AvgIpc) is 2.27. The summed E-state index contributed by atoms with van der Waals surface area (Å²) < 4.78 is 3.14. The monoisotopic (exact) mass is 339 g/mol. The van der Waals surface area contributed by atoms with E-state index in [0.29, 0.717) is 12.3 Å². The third-order valence-corrected chi connectivity index (χ3v) is 4.70. The van der Waals surface area contributed by atoms with Gasteiger partial charge in [-0.2, -0.15) is 0 Å². The fraction of sp³-hybridized carbons (Fsp3) is 0.364. The predicted octanol–water partition coefficient (Wildman–Crippen LogP) is -1.07. The van der Waals surface area contributed by atoms with Crippen LogP contribution in [0.1, 0.15) is 12.8 Å². The SMILES string of the molecule is C[N]([Ge][c]1ccccc1)C(=O)CCCCl.O.O.O. The second-order valence-electron chi connectivity index (χ2n) is 3.22. The molecule has 0 aliphatic carbocycles. The van der Waals surface area contributed by atoms with E-state index in [1.807, 2.05) is 29.1 Å². The molecule has 1 aromatic rings. The van der Waals surface area contributed by atoms with Crippen LogP contribution in [0.15, 0.2) is 30.3 Å². The number of nitrogens with zero attached hydrogens (tertiary/aromatic N) is 1. The Balaban J connectivity index is -0.000000750. The molecule has 6 N–H and O–H groups in total. The molecule has 0 aliphatic rings. The van der Waals surface area contributed by atoms with Gasteiger partial charge in [-0.1, -0.05) is 0 Å². The maximum Gasteiger partial charge on any atom is -0.412 e. The van der Waals surface area contributed by atoms with E-state index in [2.05, 4.69) is 12.1 Å². The largest absolute Gasteiger partial charge is 0.412 e. The number of carbonyl (C=O) groups is 1. The van der Waals surface area contributed by atoms with Crippen molar-refractivity contribution in [2.24, 2.45) is 0 Å². The minimum absolute atomic E-state index is 0. The molecule has 5 nitrogen and oxygen atoms in total. The first-order chi connectivity index (χ1) is 7.24. The summed E-state index contributed by atoms with van der Waals surface area (Å²) >= 11 is 5.06. The quantitative estimate of drug-likeness (QED) is 0.494. The van der Waals surface area contributed by atoms with Gasteiger partial charge in [0.25, 0.3) is 0 Å². The van der Waals surface area contributed by atoms with Gasteiger partial charge < -0.3 is 16.4 Å². The molecule has 1 rings (SSSR count). The number of halogens is 1. The first kappa shape index (κ1) is 22.6. The van der Waals surface area contributed by atoms with Crippen molar-refractivity contribution in [3.63, 3.8) is 0 Å². The van der Waals surface area contributed by atoms with Gasteiger partial charge in [-0.15, -0.1) is 0 Å². The topological polar surface area (TPSA) is 115 Å². The molecule has 0 saturated heterocycles. The molecule has 0 bridgehead atoms. The number of hydrogen-bond acceptors (Lipinski definition) is 1. The second-order valence-corrected chi connectivity index (χ2v) is 6.69. The van der Waals surface area contributed by atoms with Crippen LogP contribution < -0.4 is 4.40 Å². The van der Waals surface area contributed by atoms with E-state index < -0.39 is 15.7 Å². The number of alkyl halides is 1. The zero-order valence-electron chi connectivity index (χ0n) is 10.2. The molecule has 1 amide bonds. The Labute approximate surface area is 119 Å². The van der Waals surface area contributed by atoms with Crippen LogP contribution in [0.3, 0.4) is 0 Å². The number of rotatable bonds is 5. The van der Waals surface area contributed by atoms with Crippen LogP contribution in [0.2, 0.25) is 0 Å². The van der Waals surface area contributed by atoms with Gasteiger partial charge in [0, 0.05) is 0 Å². The van der Waals surface area contributed by atoms with Crippen LogP contribution in [0.5, 0.6) is 0 Å². The van der Waals surface area contributed by atoms with Gasteiger partial charge in [-0.3, -0.25) is 0 Å². The van der Waals surface area contributed by atoms with Crippen molar-refractivity contribution in [1.29, 1.82) is 0 Å². The molecular formula is C11H20ClGeNO4. The van der Waals surface area contributed by atoms with E-state index in [1.54, 1.807) is 0 Å². The minimum atomic E-state index is -0.493. The fourth-order valence-electron chi connectivity index (χ4n) is 1.15. The van der Waals surface area contributed by atoms with Gasteiger partial charge in [0.15, 0.2) is 0 Å². The Bertz CT molecular complexity index is 313. The molecule has 0 fully saturated rings. The molecule has 104 valence electrons. The first-order valence-corrected chi connectivity index (χ1v) is 7.40. The van der Waals surface area contributed by atoms with Gasteiger partial charge in [-0.05, 0) is 0 Å². The molecule has 2 radical (unpaired) electrons. The standard InChI is InChI=1S/C11H14ClGeNO.3H2O/c1-14(11(15)8-5-9-12)13-10-6-3-2-4-7-10;;;/h2-4,6-7H,5,8-9H2,1H3;3*1H2. The fourth-order valence-corrected chi connectivity index (χ4v) is 3.31. The summed E-state index contributed by atoms with van der Waals surface area (Å²) in [6.07, 6.45) is 1.34. The van der Waals surface area contributed by atoms with Crippen molar-refractivity contribution in [2.45, 2.75) is 12.8 Å². The average molecular weight is 338 g/mol. The predicted molar refractivity (Wildman–Crippen MR) is 75.4 cm³/mol. The molecule has 18 heavy (non-hydrogen) atoms. The molecular weight excluding hydrogens is 318 g/mol. The maximum absolute atomic E-state index is 11.6. The Morgan fingerprint density at radius 3 is 2.28 bits per heavy atom. The van der Waals surface area contributed by atoms with Crippen molar-refractivity contribution < 1.29 is 21.2 Å². The van der Waals surface area contributed by atoms with Gasteiger partial charge in [0.1, 0.15) is 0 Å². The smallest absolute Gasteiger partial charge is 0.412 e. The van der Waals surface area contributed by atoms with Crippen molar-refractivity contribution in [3.8, 4) is 0 Å². The van der Waals surface area contributed by atoms with Crippen LogP contribution >= 0.6 is 11.6 Å². The summed E-state index contributed by atoms with van der Waals surface area (Å²) in [5.41, 5.74) is 0. The molecule has 0 aromatic heterocycles. The van der Waals surface area contributed by atoms with E-state index in [0.717, 1.165) is 6.42 Å². The van der Waals surface area contributed by atoms with Gasteiger partial charge in [0.05, 0.1) is 0 Å². The van der Waals surface area contributed by atoms with Crippen molar-refractivity contribution in [2.75, 3.05) is 12.9 Å². The summed E-state index contributed by atoms with van der Waals surface area (Å²) in [6.45, 7) is 0. The molecule has 0 heterocycles. The molecule has 7 heteroatoms. The Morgan fingerprint density at radius 2 is 1.78 bits per heavy atom. The summed E-state index contributed by atoms with van der Waals surface area (Å²) in [6, 6.07) is 10.2. The van der Waals surface area contributed by atoms with E-state index in [9.17, 15) is 4.79 Å². The molecule has 0 aliphatic heterocycles. The minimum Gasteiger partial charge on any atom is -0.412 e. The third kappa shape index (κ3) is 8.49.